The van der Waals surface area contributed by atoms with Crippen molar-refractivity contribution in [2.45, 2.75) is 13.1 Å². The minimum Gasteiger partial charge on any atom is -0.378 e. The number of hydrogen-bond donors (Lipinski definition) is 0. The van der Waals surface area contributed by atoms with Crippen LogP contribution < -0.4 is 11.1 Å². The summed E-state index contributed by atoms with van der Waals surface area (Å²) in [5.41, 5.74) is -0.0734. The Kier molecular flexibility index (Phi) is 4.69. The van der Waals surface area contributed by atoms with Crippen LogP contribution in [0.5, 0.6) is 0 Å². The van der Waals surface area contributed by atoms with Crippen LogP contribution >= 0.6 is 0 Å². The molecule has 0 spiro atoms. The van der Waals surface area contributed by atoms with Crippen molar-refractivity contribution in [1.82, 2.24) is 9.13 Å². The van der Waals surface area contributed by atoms with Crippen molar-refractivity contribution in [2.75, 3.05) is 13.2 Å². The first kappa shape index (κ1) is 13.3. The van der Waals surface area contributed by atoms with Gasteiger partial charge in [-0.15, -0.1) is 0 Å². The van der Waals surface area contributed by atoms with Gasteiger partial charge in [0.25, 0.3) is 11.1 Å². The van der Waals surface area contributed by atoms with Gasteiger partial charge in [-0.1, -0.05) is 12.1 Å². The molecule has 19 heavy (non-hydrogen) atoms. The summed E-state index contributed by atoms with van der Waals surface area (Å²) in [6.07, 6.45) is 3.46. The molecule has 0 unspecified atom stereocenters. The van der Waals surface area contributed by atoms with Crippen LogP contribution in [0.3, 0.4) is 0 Å². The third-order valence-electron chi connectivity index (χ3n) is 2.75. The fourth-order valence-electron chi connectivity index (χ4n) is 1.72. The molecule has 2 aromatic rings. The highest BCUT2D eigenvalue weighted by atomic mass is 16.5. The van der Waals surface area contributed by atoms with E-state index in [1.165, 1.54) is 12.1 Å². The van der Waals surface area contributed by atoms with Crippen molar-refractivity contribution in [3.63, 3.8) is 0 Å². The molecule has 0 bridgehead atoms. The van der Waals surface area contributed by atoms with Crippen LogP contribution in [0, 0.1) is 0 Å². The van der Waals surface area contributed by atoms with Gasteiger partial charge in [0.1, 0.15) is 0 Å². The quantitative estimate of drug-likeness (QED) is 0.719. The van der Waals surface area contributed by atoms with Crippen molar-refractivity contribution in [3.05, 3.63) is 69.5 Å². The molecule has 0 saturated heterocycles. The summed E-state index contributed by atoms with van der Waals surface area (Å²) < 4.78 is 8.62. The lowest BCUT2D eigenvalue weighted by molar-refractivity contribution is 0.117. The second-order valence-electron chi connectivity index (χ2n) is 4.08. The van der Waals surface area contributed by atoms with Crippen LogP contribution in [0.1, 0.15) is 0 Å². The van der Waals surface area contributed by atoms with Crippen molar-refractivity contribution in [1.29, 1.82) is 0 Å². The molecule has 0 N–H and O–H groups in total. The molecule has 0 aliphatic carbocycles. The van der Waals surface area contributed by atoms with Gasteiger partial charge in [-0.05, 0) is 12.1 Å². The van der Waals surface area contributed by atoms with Gasteiger partial charge in [-0.2, -0.15) is 0 Å². The van der Waals surface area contributed by atoms with Gasteiger partial charge in [-0.25, -0.2) is 0 Å². The lowest BCUT2D eigenvalue weighted by Crippen LogP contribution is -2.23. The van der Waals surface area contributed by atoms with Gasteiger partial charge in [0, 0.05) is 37.6 Å². The van der Waals surface area contributed by atoms with Crippen molar-refractivity contribution >= 4 is 0 Å². The van der Waals surface area contributed by atoms with Gasteiger partial charge in [0.2, 0.25) is 0 Å². The Balaban J connectivity index is 1.74. The number of rotatable bonds is 6. The molecular weight excluding hydrogens is 244 g/mol. The van der Waals surface area contributed by atoms with E-state index in [0.717, 1.165) is 0 Å². The maximum atomic E-state index is 11.4. The minimum atomic E-state index is -0.0367. The lowest BCUT2D eigenvalue weighted by Gasteiger charge is -2.07. The molecule has 5 nitrogen and oxygen atoms in total. The Hall–Kier alpha value is -2.14. The average molecular weight is 260 g/mol. The van der Waals surface area contributed by atoms with E-state index in [0.29, 0.717) is 26.3 Å². The first-order valence-corrected chi connectivity index (χ1v) is 6.16. The van der Waals surface area contributed by atoms with Gasteiger partial charge >= 0.3 is 0 Å². The largest absolute Gasteiger partial charge is 0.378 e. The zero-order valence-electron chi connectivity index (χ0n) is 10.6. The monoisotopic (exact) mass is 260 g/mol. The van der Waals surface area contributed by atoms with E-state index in [1.54, 1.807) is 33.7 Å². The summed E-state index contributed by atoms with van der Waals surface area (Å²) in [7, 11) is 0. The lowest BCUT2D eigenvalue weighted by atomic mass is 10.4. The van der Waals surface area contributed by atoms with E-state index in [1.807, 2.05) is 12.1 Å². The van der Waals surface area contributed by atoms with Crippen LogP contribution in [-0.2, 0) is 17.8 Å². The summed E-state index contributed by atoms with van der Waals surface area (Å²) in [5, 5.41) is 0. The van der Waals surface area contributed by atoms with Crippen LogP contribution in [0.15, 0.2) is 58.4 Å². The Morgan fingerprint density at radius 1 is 0.789 bits per heavy atom. The van der Waals surface area contributed by atoms with E-state index in [-0.39, 0.29) is 11.1 Å². The van der Waals surface area contributed by atoms with Crippen molar-refractivity contribution in [2.24, 2.45) is 0 Å². The molecule has 5 heteroatoms. The van der Waals surface area contributed by atoms with Crippen LogP contribution in [0.25, 0.3) is 0 Å². The van der Waals surface area contributed by atoms with E-state index in [9.17, 15) is 9.59 Å². The molecule has 100 valence electrons. The highest BCUT2D eigenvalue weighted by Crippen LogP contribution is 1.87. The van der Waals surface area contributed by atoms with E-state index >= 15 is 0 Å². The predicted octanol–water partition coefficient (Wildman–Crippen LogP) is 0.727. The van der Waals surface area contributed by atoms with E-state index in [4.69, 9.17) is 4.74 Å². The van der Waals surface area contributed by atoms with Crippen LogP contribution in [0.2, 0.25) is 0 Å². The van der Waals surface area contributed by atoms with Crippen LogP contribution in [-0.4, -0.2) is 22.3 Å². The third-order valence-corrected chi connectivity index (χ3v) is 2.75. The molecule has 0 radical (unpaired) electrons. The van der Waals surface area contributed by atoms with Gasteiger partial charge in [0.05, 0.1) is 13.2 Å². The smallest absolute Gasteiger partial charge is 0.250 e. The number of ether oxygens (including phenoxy) is 1. The molecule has 0 aliphatic rings. The van der Waals surface area contributed by atoms with Crippen molar-refractivity contribution in [3.8, 4) is 0 Å². The minimum absolute atomic E-state index is 0.0367. The van der Waals surface area contributed by atoms with Gasteiger partial charge in [0.15, 0.2) is 0 Å². The Labute approximate surface area is 110 Å². The topological polar surface area (TPSA) is 53.2 Å². The molecule has 2 aromatic heterocycles. The SMILES string of the molecule is O=c1ccccn1CCOCCn1ccccc1=O. The number of hydrogen-bond acceptors (Lipinski definition) is 3. The average Bonchev–Trinajstić information content (AvgIpc) is 2.42. The van der Waals surface area contributed by atoms with Gasteiger partial charge < -0.3 is 13.9 Å². The number of aromatic nitrogens is 2. The molecule has 0 fully saturated rings. The molecule has 0 aromatic carbocycles. The second kappa shape index (κ2) is 6.70. The standard InChI is InChI=1S/C14H16N2O3/c17-13-5-1-3-7-15(13)9-11-19-12-10-16-8-4-2-6-14(16)18/h1-8H,9-12H2. The van der Waals surface area contributed by atoms with E-state index in [2.05, 4.69) is 0 Å². The normalized spacial score (nSPS) is 10.5. The summed E-state index contributed by atoms with van der Waals surface area (Å²) >= 11 is 0. The maximum Gasteiger partial charge on any atom is 0.250 e. The second-order valence-corrected chi connectivity index (χ2v) is 4.08. The zero-order valence-corrected chi connectivity index (χ0v) is 10.6. The molecule has 0 atom stereocenters. The predicted molar refractivity (Wildman–Crippen MR) is 72.2 cm³/mol. The summed E-state index contributed by atoms with van der Waals surface area (Å²) in [5.74, 6) is 0. The molecule has 0 amide bonds. The Bertz CT molecular complexity index is 575. The van der Waals surface area contributed by atoms with Gasteiger partial charge in [-0.3, -0.25) is 9.59 Å². The molecular formula is C14H16N2O3. The highest BCUT2D eigenvalue weighted by Gasteiger charge is 1.96. The Morgan fingerprint density at radius 3 is 1.68 bits per heavy atom. The number of pyridine rings is 2. The molecule has 0 saturated carbocycles. The maximum absolute atomic E-state index is 11.4. The first-order valence-electron chi connectivity index (χ1n) is 6.16. The van der Waals surface area contributed by atoms with Crippen molar-refractivity contribution < 1.29 is 4.74 Å². The summed E-state index contributed by atoms with van der Waals surface area (Å²) in [6, 6.07) is 10.1. The van der Waals surface area contributed by atoms with E-state index < -0.39 is 0 Å². The Morgan fingerprint density at radius 2 is 1.26 bits per heavy atom. The highest BCUT2D eigenvalue weighted by molar-refractivity contribution is 4.93. The fraction of sp³-hybridized carbons (Fsp3) is 0.286. The number of nitrogens with zero attached hydrogens (tertiary/aromatic N) is 2. The first-order chi connectivity index (χ1) is 9.27. The summed E-state index contributed by atoms with van der Waals surface area (Å²) in [4.78, 5) is 22.8. The third kappa shape index (κ3) is 3.93. The molecule has 2 rings (SSSR count). The molecule has 2 heterocycles. The van der Waals surface area contributed by atoms with Crippen LogP contribution in [0.4, 0.5) is 0 Å². The zero-order chi connectivity index (χ0) is 13.5. The molecule has 0 aliphatic heterocycles. The fourth-order valence-corrected chi connectivity index (χ4v) is 1.72. The summed E-state index contributed by atoms with van der Waals surface area (Å²) in [6.45, 7) is 1.93.